The average molecular weight is 202 g/mol. The number of nitrogens with zero attached hydrogens (tertiary/aromatic N) is 1. The van der Waals surface area contributed by atoms with Gasteiger partial charge in [-0.15, -0.1) is 0 Å². The third kappa shape index (κ3) is 1.23. The van der Waals surface area contributed by atoms with E-state index in [0.29, 0.717) is 5.75 Å². The number of phenols is 1. The summed E-state index contributed by atoms with van der Waals surface area (Å²) in [6.07, 6.45) is 3.38. The van der Waals surface area contributed by atoms with Gasteiger partial charge in [-0.25, -0.2) is 0 Å². The number of phenolic OH excluding ortho intramolecular Hbond substituents is 1. The molecule has 15 heavy (non-hydrogen) atoms. The molecule has 1 aliphatic heterocycles. The molecule has 1 aromatic carbocycles. The normalized spacial score (nSPS) is 20.5. The Morgan fingerprint density at radius 3 is 3.07 bits per heavy atom. The van der Waals surface area contributed by atoms with Crippen LogP contribution in [0.4, 0.5) is 0 Å². The molecule has 1 atom stereocenters. The number of fused-ring (bicyclic) bond motifs is 3. The van der Waals surface area contributed by atoms with Gasteiger partial charge in [-0.3, -0.25) is 0 Å². The number of nitrogens with two attached hydrogens (primary N) is 1. The molecule has 0 amide bonds. The molecule has 0 aliphatic carbocycles. The fourth-order valence-electron chi connectivity index (χ4n) is 2.49. The van der Waals surface area contributed by atoms with Gasteiger partial charge < -0.3 is 15.4 Å². The number of aromatic nitrogens is 1. The van der Waals surface area contributed by atoms with E-state index in [2.05, 4.69) is 10.6 Å². The summed E-state index contributed by atoms with van der Waals surface area (Å²) >= 11 is 0. The van der Waals surface area contributed by atoms with Gasteiger partial charge in [-0.1, -0.05) is 0 Å². The van der Waals surface area contributed by atoms with Crippen LogP contribution in [0, 0.1) is 0 Å². The summed E-state index contributed by atoms with van der Waals surface area (Å²) < 4.78 is 2.19. The summed E-state index contributed by atoms with van der Waals surface area (Å²) in [4.78, 5) is 0. The van der Waals surface area contributed by atoms with Crippen molar-refractivity contribution in [2.24, 2.45) is 5.73 Å². The summed E-state index contributed by atoms with van der Waals surface area (Å²) in [6.45, 7) is 0. The Kier molecular flexibility index (Phi) is 1.76. The summed E-state index contributed by atoms with van der Waals surface area (Å²) in [5.74, 6) is 0.319. The highest BCUT2D eigenvalue weighted by Gasteiger charge is 2.18. The van der Waals surface area contributed by atoms with E-state index in [-0.39, 0.29) is 6.17 Å². The maximum Gasteiger partial charge on any atom is 0.116 e. The van der Waals surface area contributed by atoms with E-state index >= 15 is 0 Å². The van der Waals surface area contributed by atoms with Crippen molar-refractivity contribution in [1.29, 1.82) is 0 Å². The quantitative estimate of drug-likeness (QED) is 0.687. The molecule has 3 heteroatoms. The SMILES string of the molecule is NC1CCCc2cc3cc(O)ccc3n21. The van der Waals surface area contributed by atoms with E-state index in [9.17, 15) is 5.11 Å². The third-order valence-corrected chi connectivity index (χ3v) is 3.17. The molecule has 0 fully saturated rings. The van der Waals surface area contributed by atoms with Crippen LogP contribution < -0.4 is 5.73 Å². The molecule has 3 rings (SSSR count). The second-order valence-corrected chi connectivity index (χ2v) is 4.21. The first-order chi connectivity index (χ1) is 7.25. The van der Waals surface area contributed by atoms with E-state index in [1.165, 1.54) is 5.69 Å². The fourth-order valence-corrected chi connectivity index (χ4v) is 2.49. The molecule has 1 aliphatic rings. The molecule has 1 unspecified atom stereocenters. The van der Waals surface area contributed by atoms with Crippen LogP contribution in [0.2, 0.25) is 0 Å². The molecule has 2 heterocycles. The minimum Gasteiger partial charge on any atom is -0.508 e. The standard InChI is InChI=1S/C12H14N2O/c13-12-3-1-2-9-6-8-7-10(15)4-5-11(8)14(9)12/h4-7,12,15H,1-3,13H2. The van der Waals surface area contributed by atoms with Crippen molar-refractivity contribution in [1.82, 2.24) is 4.57 Å². The predicted molar refractivity (Wildman–Crippen MR) is 59.8 cm³/mol. The van der Waals surface area contributed by atoms with Crippen LogP contribution >= 0.6 is 0 Å². The number of rotatable bonds is 0. The lowest BCUT2D eigenvalue weighted by molar-refractivity contribution is 0.425. The molecule has 1 aromatic heterocycles. The molecule has 0 saturated carbocycles. The van der Waals surface area contributed by atoms with Crippen molar-refractivity contribution in [3.05, 3.63) is 30.0 Å². The van der Waals surface area contributed by atoms with Crippen LogP contribution in [0.3, 0.4) is 0 Å². The monoisotopic (exact) mass is 202 g/mol. The number of hydrogen-bond donors (Lipinski definition) is 2. The average Bonchev–Trinajstić information content (AvgIpc) is 2.56. The van der Waals surface area contributed by atoms with Crippen LogP contribution in [0.5, 0.6) is 5.75 Å². The fraction of sp³-hybridized carbons (Fsp3) is 0.333. The van der Waals surface area contributed by atoms with Gasteiger partial charge in [0.15, 0.2) is 0 Å². The van der Waals surface area contributed by atoms with Crippen molar-refractivity contribution in [2.75, 3.05) is 0 Å². The van der Waals surface area contributed by atoms with Gasteiger partial charge in [0.1, 0.15) is 5.75 Å². The van der Waals surface area contributed by atoms with E-state index in [4.69, 9.17) is 5.73 Å². The second kappa shape index (κ2) is 3.00. The molecule has 0 radical (unpaired) electrons. The molecule has 3 nitrogen and oxygen atoms in total. The Morgan fingerprint density at radius 1 is 1.33 bits per heavy atom. The highest BCUT2D eigenvalue weighted by molar-refractivity contribution is 5.83. The van der Waals surface area contributed by atoms with Crippen molar-refractivity contribution >= 4 is 10.9 Å². The van der Waals surface area contributed by atoms with Gasteiger partial charge in [0, 0.05) is 16.6 Å². The molecular weight excluding hydrogens is 188 g/mol. The molecular formula is C12H14N2O. The van der Waals surface area contributed by atoms with Crippen molar-refractivity contribution in [3.63, 3.8) is 0 Å². The Balaban J connectivity index is 2.32. The van der Waals surface area contributed by atoms with E-state index < -0.39 is 0 Å². The Bertz CT molecular complexity index is 516. The molecule has 78 valence electrons. The molecule has 0 spiro atoms. The first-order valence-electron chi connectivity index (χ1n) is 5.34. The Labute approximate surface area is 88.1 Å². The third-order valence-electron chi connectivity index (χ3n) is 3.17. The number of aryl methyl sites for hydroxylation is 1. The van der Waals surface area contributed by atoms with Crippen molar-refractivity contribution in [2.45, 2.75) is 25.4 Å². The number of hydrogen-bond acceptors (Lipinski definition) is 2. The Morgan fingerprint density at radius 2 is 2.20 bits per heavy atom. The van der Waals surface area contributed by atoms with Gasteiger partial charge in [-0.2, -0.15) is 0 Å². The topological polar surface area (TPSA) is 51.2 Å². The van der Waals surface area contributed by atoms with Gasteiger partial charge in [0.05, 0.1) is 6.17 Å². The summed E-state index contributed by atoms with van der Waals surface area (Å²) in [5, 5.41) is 10.5. The maximum atomic E-state index is 9.42. The van der Waals surface area contributed by atoms with Gasteiger partial charge in [0.2, 0.25) is 0 Å². The maximum absolute atomic E-state index is 9.42. The molecule has 0 saturated heterocycles. The van der Waals surface area contributed by atoms with E-state index in [0.717, 1.165) is 30.2 Å². The summed E-state index contributed by atoms with van der Waals surface area (Å²) in [5.41, 5.74) is 8.52. The first-order valence-corrected chi connectivity index (χ1v) is 5.34. The summed E-state index contributed by atoms with van der Waals surface area (Å²) in [6, 6.07) is 7.59. The summed E-state index contributed by atoms with van der Waals surface area (Å²) in [7, 11) is 0. The first kappa shape index (κ1) is 8.80. The zero-order chi connectivity index (χ0) is 10.4. The van der Waals surface area contributed by atoms with Crippen LogP contribution in [-0.4, -0.2) is 9.67 Å². The minimum atomic E-state index is 0.0933. The van der Waals surface area contributed by atoms with Gasteiger partial charge in [0.25, 0.3) is 0 Å². The second-order valence-electron chi connectivity index (χ2n) is 4.21. The van der Waals surface area contributed by atoms with Gasteiger partial charge >= 0.3 is 0 Å². The van der Waals surface area contributed by atoms with Crippen LogP contribution in [0.15, 0.2) is 24.3 Å². The van der Waals surface area contributed by atoms with Crippen molar-refractivity contribution in [3.8, 4) is 5.75 Å². The lowest BCUT2D eigenvalue weighted by Crippen LogP contribution is -2.24. The van der Waals surface area contributed by atoms with Gasteiger partial charge in [-0.05, 0) is 43.5 Å². The van der Waals surface area contributed by atoms with Crippen molar-refractivity contribution < 1.29 is 5.11 Å². The number of aromatic hydroxyl groups is 1. The minimum absolute atomic E-state index is 0.0933. The molecule has 3 N–H and O–H groups in total. The zero-order valence-corrected chi connectivity index (χ0v) is 8.48. The number of benzene rings is 1. The predicted octanol–water partition coefficient (Wildman–Crippen LogP) is 2.14. The van der Waals surface area contributed by atoms with Crippen LogP contribution in [-0.2, 0) is 6.42 Å². The largest absolute Gasteiger partial charge is 0.508 e. The molecule has 0 bridgehead atoms. The van der Waals surface area contributed by atoms with E-state index in [1.807, 2.05) is 6.07 Å². The smallest absolute Gasteiger partial charge is 0.116 e. The van der Waals surface area contributed by atoms with Crippen LogP contribution in [0.25, 0.3) is 10.9 Å². The lowest BCUT2D eigenvalue weighted by Gasteiger charge is -2.23. The molecule has 2 aromatic rings. The van der Waals surface area contributed by atoms with Crippen LogP contribution in [0.1, 0.15) is 24.7 Å². The Hall–Kier alpha value is -1.48. The highest BCUT2D eigenvalue weighted by Crippen LogP contribution is 2.31. The zero-order valence-electron chi connectivity index (χ0n) is 8.48. The highest BCUT2D eigenvalue weighted by atomic mass is 16.3. The van der Waals surface area contributed by atoms with E-state index in [1.54, 1.807) is 12.1 Å². The lowest BCUT2D eigenvalue weighted by atomic mass is 10.1.